The van der Waals surface area contributed by atoms with E-state index in [1.165, 1.54) is 18.4 Å². The van der Waals surface area contributed by atoms with Gasteiger partial charge < -0.3 is 15.4 Å². The number of aliphatic imine (C=N–C) groups is 1. The molecule has 7 heteroatoms. The molecule has 0 radical (unpaired) electrons. The Morgan fingerprint density at radius 1 is 1.37 bits per heavy atom. The lowest BCUT2D eigenvalue weighted by atomic mass is 9.85. The van der Waals surface area contributed by atoms with Crippen molar-refractivity contribution in [2.45, 2.75) is 38.3 Å². The lowest BCUT2D eigenvalue weighted by Crippen LogP contribution is -2.48. The molecule has 5 nitrogen and oxygen atoms in total. The Balaban J connectivity index is 0.00000364. The maximum atomic E-state index is 6.23. The maximum Gasteiger partial charge on any atom is 0.191 e. The summed E-state index contributed by atoms with van der Waals surface area (Å²) in [6.07, 6.45) is 2.40. The third kappa shape index (κ3) is 7.40. The molecule has 1 aromatic rings. The first-order valence-corrected chi connectivity index (χ1v) is 9.69. The molecular formula is C20H34ClIN4O. The van der Waals surface area contributed by atoms with Crippen LogP contribution in [0.5, 0.6) is 0 Å². The predicted molar refractivity (Wildman–Crippen MR) is 125 cm³/mol. The van der Waals surface area contributed by atoms with Crippen molar-refractivity contribution in [2.75, 3.05) is 40.8 Å². The molecule has 0 spiro atoms. The second-order valence-electron chi connectivity index (χ2n) is 7.65. The first kappa shape index (κ1) is 24.5. The molecule has 2 rings (SSSR count). The molecule has 1 aliphatic heterocycles. The highest BCUT2D eigenvalue weighted by atomic mass is 127. The number of hydrogen-bond donors (Lipinski definition) is 2. The number of benzene rings is 1. The molecule has 2 unspecified atom stereocenters. The molecular weight excluding hydrogens is 475 g/mol. The predicted octanol–water partition coefficient (Wildman–Crippen LogP) is 3.93. The lowest BCUT2D eigenvalue weighted by molar-refractivity contribution is 0.0268. The Hall–Kier alpha value is -0.570. The van der Waals surface area contributed by atoms with Gasteiger partial charge in [-0.2, -0.15) is 0 Å². The number of methoxy groups -OCH3 is 1. The van der Waals surface area contributed by atoms with Crippen LogP contribution < -0.4 is 10.6 Å². The fourth-order valence-corrected chi connectivity index (χ4v) is 3.71. The van der Waals surface area contributed by atoms with Gasteiger partial charge in [0.1, 0.15) is 0 Å². The average Bonchev–Trinajstić information content (AvgIpc) is 2.62. The van der Waals surface area contributed by atoms with Gasteiger partial charge in [-0.3, -0.25) is 9.89 Å². The molecule has 0 aliphatic carbocycles. The Morgan fingerprint density at radius 2 is 2.11 bits per heavy atom. The molecule has 1 aliphatic rings. The topological polar surface area (TPSA) is 48.9 Å². The molecule has 2 N–H and O–H groups in total. The van der Waals surface area contributed by atoms with E-state index in [0.29, 0.717) is 18.5 Å². The van der Waals surface area contributed by atoms with Crippen molar-refractivity contribution in [3.05, 3.63) is 34.9 Å². The Labute approximate surface area is 186 Å². The minimum atomic E-state index is -0.230. The molecule has 2 atom stereocenters. The summed E-state index contributed by atoms with van der Waals surface area (Å²) in [6.45, 7) is 6.79. The van der Waals surface area contributed by atoms with Crippen LogP contribution in [0.2, 0.25) is 5.02 Å². The molecule has 0 aromatic heterocycles. The van der Waals surface area contributed by atoms with Crippen molar-refractivity contribution in [1.29, 1.82) is 0 Å². The van der Waals surface area contributed by atoms with Crippen LogP contribution in [0.25, 0.3) is 0 Å². The quantitative estimate of drug-likeness (QED) is 0.347. The van der Waals surface area contributed by atoms with E-state index in [2.05, 4.69) is 53.6 Å². The van der Waals surface area contributed by atoms with Gasteiger partial charge in [-0.15, -0.1) is 24.0 Å². The zero-order valence-electron chi connectivity index (χ0n) is 17.1. The van der Waals surface area contributed by atoms with E-state index >= 15 is 0 Å². The number of nitrogens with zero attached hydrogens (tertiary/aromatic N) is 2. The average molecular weight is 509 g/mol. The van der Waals surface area contributed by atoms with Crippen molar-refractivity contribution in [3.63, 3.8) is 0 Å². The van der Waals surface area contributed by atoms with E-state index in [1.807, 2.05) is 12.1 Å². The summed E-state index contributed by atoms with van der Waals surface area (Å²) in [5.74, 6) is 1.31. The third-order valence-electron chi connectivity index (χ3n) is 5.19. The number of rotatable bonds is 6. The fourth-order valence-electron chi connectivity index (χ4n) is 3.51. The molecule has 27 heavy (non-hydrogen) atoms. The second-order valence-corrected chi connectivity index (χ2v) is 8.09. The van der Waals surface area contributed by atoms with E-state index in [0.717, 1.165) is 24.1 Å². The summed E-state index contributed by atoms with van der Waals surface area (Å²) in [5.41, 5.74) is 1.06. The van der Waals surface area contributed by atoms with Crippen LogP contribution in [0.3, 0.4) is 0 Å². The van der Waals surface area contributed by atoms with Gasteiger partial charge in [0.25, 0.3) is 0 Å². The van der Waals surface area contributed by atoms with Gasteiger partial charge in [0.05, 0.1) is 5.60 Å². The molecule has 1 aromatic carbocycles. The Kier molecular flexibility index (Phi) is 10.4. The van der Waals surface area contributed by atoms with E-state index in [-0.39, 0.29) is 29.6 Å². The van der Waals surface area contributed by atoms with Crippen LogP contribution >= 0.6 is 35.6 Å². The number of likely N-dealkylation sites (tertiary alicyclic amines) is 1. The number of guanidine groups is 1. The van der Waals surface area contributed by atoms with Crippen LogP contribution in [-0.2, 0) is 4.74 Å². The number of hydrogen-bond acceptors (Lipinski definition) is 3. The molecule has 0 saturated carbocycles. The zero-order valence-corrected chi connectivity index (χ0v) is 20.2. The Morgan fingerprint density at radius 3 is 2.74 bits per heavy atom. The third-order valence-corrected chi connectivity index (χ3v) is 5.42. The van der Waals surface area contributed by atoms with Crippen molar-refractivity contribution in [3.8, 4) is 0 Å². The van der Waals surface area contributed by atoms with Crippen LogP contribution in [0, 0.1) is 5.92 Å². The van der Waals surface area contributed by atoms with Crippen molar-refractivity contribution < 1.29 is 4.74 Å². The highest BCUT2D eigenvalue weighted by molar-refractivity contribution is 14.0. The molecule has 1 heterocycles. The zero-order chi connectivity index (χ0) is 19.2. The van der Waals surface area contributed by atoms with Crippen LogP contribution in [0.4, 0.5) is 0 Å². The molecule has 1 fully saturated rings. The van der Waals surface area contributed by atoms with Gasteiger partial charge in [-0.05, 0) is 63.9 Å². The van der Waals surface area contributed by atoms with Crippen LogP contribution in [0.15, 0.2) is 29.3 Å². The smallest absolute Gasteiger partial charge is 0.191 e. The van der Waals surface area contributed by atoms with E-state index in [1.54, 1.807) is 14.2 Å². The van der Waals surface area contributed by atoms with Gasteiger partial charge in [0, 0.05) is 38.3 Å². The normalized spacial score (nSPS) is 21.5. The second kappa shape index (κ2) is 11.4. The number of ether oxygens (including phenoxy) is 1. The summed E-state index contributed by atoms with van der Waals surface area (Å²) >= 11 is 6.23. The van der Waals surface area contributed by atoms with Gasteiger partial charge >= 0.3 is 0 Å². The summed E-state index contributed by atoms with van der Waals surface area (Å²) in [7, 11) is 5.73. The summed E-state index contributed by atoms with van der Waals surface area (Å²) in [5, 5.41) is 7.65. The highest BCUT2D eigenvalue weighted by Crippen LogP contribution is 2.35. The van der Waals surface area contributed by atoms with Gasteiger partial charge in [0.2, 0.25) is 0 Å². The lowest BCUT2D eigenvalue weighted by Gasteiger charge is -2.40. The number of nitrogens with one attached hydrogen (secondary N) is 2. The van der Waals surface area contributed by atoms with E-state index in [9.17, 15) is 0 Å². The van der Waals surface area contributed by atoms with Gasteiger partial charge in [0.15, 0.2) is 5.96 Å². The molecule has 154 valence electrons. The fraction of sp³-hybridized carbons (Fsp3) is 0.650. The largest absolute Gasteiger partial charge is 0.377 e. The number of halogens is 2. The highest BCUT2D eigenvalue weighted by Gasteiger charge is 2.30. The first-order chi connectivity index (χ1) is 12.4. The van der Waals surface area contributed by atoms with Crippen molar-refractivity contribution >= 4 is 41.5 Å². The molecule has 0 bridgehead atoms. The monoisotopic (exact) mass is 508 g/mol. The SMILES string of the molecule is CN=C(NCC1CCCN(C)C1c1cccc(Cl)c1)NCC(C)(C)OC.I. The summed E-state index contributed by atoms with van der Waals surface area (Å²) < 4.78 is 5.46. The van der Waals surface area contributed by atoms with Crippen molar-refractivity contribution in [2.24, 2.45) is 10.9 Å². The standard InChI is InChI=1S/C20H33ClN4O.HI/c1-20(2,26-5)14-24-19(22-3)23-13-16-9-7-11-25(4)18(16)15-8-6-10-17(21)12-15;/h6,8,10,12,16,18H,7,9,11,13-14H2,1-5H3,(H2,22,23,24);1H. The summed E-state index contributed by atoms with van der Waals surface area (Å²) in [6, 6.07) is 8.61. The number of piperidine rings is 1. The van der Waals surface area contributed by atoms with Gasteiger partial charge in [-0.1, -0.05) is 23.7 Å². The van der Waals surface area contributed by atoms with Crippen LogP contribution in [0.1, 0.15) is 38.3 Å². The van der Waals surface area contributed by atoms with E-state index in [4.69, 9.17) is 16.3 Å². The maximum absolute atomic E-state index is 6.23. The van der Waals surface area contributed by atoms with Crippen LogP contribution in [-0.4, -0.2) is 57.3 Å². The van der Waals surface area contributed by atoms with Gasteiger partial charge in [-0.25, -0.2) is 0 Å². The molecule has 1 saturated heterocycles. The first-order valence-electron chi connectivity index (χ1n) is 9.31. The summed E-state index contributed by atoms with van der Waals surface area (Å²) in [4.78, 5) is 6.78. The van der Waals surface area contributed by atoms with E-state index < -0.39 is 0 Å². The Bertz CT molecular complexity index is 611. The van der Waals surface area contributed by atoms with Crippen molar-refractivity contribution in [1.82, 2.24) is 15.5 Å². The molecule has 0 amide bonds. The minimum Gasteiger partial charge on any atom is -0.377 e. The minimum absolute atomic E-state index is 0.